The summed E-state index contributed by atoms with van der Waals surface area (Å²) in [6.07, 6.45) is 0. The molecule has 8 heteroatoms. The van der Waals surface area contributed by atoms with Crippen molar-refractivity contribution in [3.05, 3.63) is 53.8 Å². The van der Waals surface area contributed by atoms with E-state index in [0.717, 1.165) is 5.56 Å². The molecule has 0 spiro atoms. The summed E-state index contributed by atoms with van der Waals surface area (Å²) in [5.41, 5.74) is 1.22. The number of benzene rings is 2. The molecule has 1 unspecified atom stereocenters. The maximum atomic E-state index is 13.1. The quantitative estimate of drug-likeness (QED) is 0.821. The molecule has 1 atom stereocenters. The van der Waals surface area contributed by atoms with Crippen LogP contribution in [-0.2, 0) is 20.9 Å². The Kier molecular flexibility index (Phi) is 6.10. The van der Waals surface area contributed by atoms with Crippen LogP contribution in [0.5, 0.6) is 11.5 Å². The first-order chi connectivity index (χ1) is 13.5. The summed E-state index contributed by atoms with van der Waals surface area (Å²) in [7, 11) is 3.02. The number of methoxy groups -OCH3 is 2. The summed E-state index contributed by atoms with van der Waals surface area (Å²) in [5.74, 6) is -0.0423. The molecule has 0 aromatic heterocycles. The molecule has 1 N–H and O–H groups in total. The molecule has 0 bridgehead atoms. The van der Waals surface area contributed by atoms with Gasteiger partial charge in [0.05, 0.1) is 20.8 Å². The van der Waals surface area contributed by atoms with E-state index in [4.69, 9.17) is 14.2 Å². The highest BCUT2D eigenvalue weighted by atomic mass is 19.1. The highest BCUT2D eigenvalue weighted by molar-refractivity contribution is 5.98. The first-order valence-electron chi connectivity index (χ1n) is 8.66. The minimum Gasteiger partial charge on any atom is -0.493 e. The van der Waals surface area contributed by atoms with E-state index in [0.29, 0.717) is 17.2 Å². The Morgan fingerprint density at radius 1 is 1.18 bits per heavy atom. The predicted molar refractivity (Wildman–Crippen MR) is 99.7 cm³/mol. The van der Waals surface area contributed by atoms with Gasteiger partial charge in [-0.2, -0.15) is 0 Å². The molecule has 3 rings (SSSR count). The van der Waals surface area contributed by atoms with Crippen LogP contribution in [0.3, 0.4) is 0 Å². The summed E-state index contributed by atoms with van der Waals surface area (Å²) < 4.78 is 28.8. The van der Waals surface area contributed by atoms with Gasteiger partial charge in [-0.15, -0.1) is 0 Å². The molecule has 1 aliphatic heterocycles. The molecule has 148 valence electrons. The van der Waals surface area contributed by atoms with Crippen LogP contribution in [0.15, 0.2) is 42.5 Å². The number of carbonyl (C=O) groups is 2. The second-order valence-electron chi connectivity index (χ2n) is 6.24. The summed E-state index contributed by atoms with van der Waals surface area (Å²) in [4.78, 5) is 26.6. The van der Waals surface area contributed by atoms with E-state index in [1.165, 1.54) is 31.3 Å². The fraction of sp³-hybridized carbons (Fsp3) is 0.300. The van der Waals surface area contributed by atoms with Crippen LogP contribution in [0.4, 0.5) is 10.1 Å². The van der Waals surface area contributed by atoms with Crippen molar-refractivity contribution in [2.45, 2.75) is 12.6 Å². The van der Waals surface area contributed by atoms with E-state index in [2.05, 4.69) is 5.32 Å². The SMILES string of the molecule is COc1ccc(NC(=O)C2COCC(=O)N2Cc2ccc(F)cc2)cc1OC. The Bertz CT molecular complexity index is 856. The molecule has 1 heterocycles. The average Bonchev–Trinajstić information content (AvgIpc) is 2.70. The lowest BCUT2D eigenvalue weighted by atomic mass is 10.1. The Labute approximate surface area is 162 Å². The van der Waals surface area contributed by atoms with Crippen molar-refractivity contribution in [3.63, 3.8) is 0 Å². The predicted octanol–water partition coefficient (Wildman–Crippen LogP) is 2.21. The molecule has 2 amide bonds. The highest BCUT2D eigenvalue weighted by Gasteiger charge is 2.34. The molecular weight excluding hydrogens is 367 g/mol. The summed E-state index contributed by atoms with van der Waals surface area (Å²) >= 11 is 0. The lowest BCUT2D eigenvalue weighted by Crippen LogP contribution is -2.54. The van der Waals surface area contributed by atoms with Crippen LogP contribution in [-0.4, -0.2) is 50.2 Å². The Hall–Kier alpha value is -3.13. The third kappa shape index (κ3) is 4.40. The molecule has 1 fully saturated rings. The zero-order valence-electron chi connectivity index (χ0n) is 15.6. The van der Waals surface area contributed by atoms with Gasteiger partial charge in [0.2, 0.25) is 11.8 Å². The van der Waals surface area contributed by atoms with Crippen LogP contribution in [0.25, 0.3) is 0 Å². The second-order valence-corrected chi connectivity index (χ2v) is 6.24. The number of hydrogen-bond acceptors (Lipinski definition) is 5. The standard InChI is InChI=1S/C20H21FN2O5/c1-26-17-8-7-15(9-18(17)27-2)22-20(25)16-11-28-12-19(24)23(16)10-13-3-5-14(21)6-4-13/h3-9,16H,10-12H2,1-2H3,(H,22,25). The molecule has 0 radical (unpaired) electrons. The van der Waals surface area contributed by atoms with Gasteiger partial charge >= 0.3 is 0 Å². The average molecular weight is 388 g/mol. The third-order valence-electron chi connectivity index (χ3n) is 4.42. The van der Waals surface area contributed by atoms with Crippen molar-refractivity contribution in [2.24, 2.45) is 0 Å². The first kappa shape index (κ1) is 19.6. The summed E-state index contributed by atoms with van der Waals surface area (Å²) in [5, 5.41) is 2.77. The largest absolute Gasteiger partial charge is 0.493 e. The Morgan fingerprint density at radius 3 is 2.57 bits per heavy atom. The molecule has 0 aliphatic carbocycles. The van der Waals surface area contributed by atoms with Crippen LogP contribution in [0, 0.1) is 5.82 Å². The third-order valence-corrected chi connectivity index (χ3v) is 4.42. The van der Waals surface area contributed by atoms with Gasteiger partial charge in [-0.3, -0.25) is 9.59 Å². The minimum absolute atomic E-state index is 0.0755. The van der Waals surface area contributed by atoms with Crippen molar-refractivity contribution < 1.29 is 28.2 Å². The van der Waals surface area contributed by atoms with Crippen LogP contribution in [0.2, 0.25) is 0 Å². The topological polar surface area (TPSA) is 77.1 Å². The Morgan fingerprint density at radius 2 is 1.89 bits per heavy atom. The van der Waals surface area contributed by atoms with E-state index in [9.17, 15) is 14.0 Å². The van der Waals surface area contributed by atoms with Gasteiger partial charge in [-0.25, -0.2) is 4.39 Å². The van der Waals surface area contributed by atoms with Crippen LogP contribution >= 0.6 is 0 Å². The van der Waals surface area contributed by atoms with E-state index in [1.807, 2.05) is 0 Å². The summed E-state index contributed by atoms with van der Waals surface area (Å²) in [6.45, 7) is 0.167. The number of nitrogens with zero attached hydrogens (tertiary/aromatic N) is 1. The van der Waals surface area contributed by atoms with Gasteiger partial charge in [-0.05, 0) is 29.8 Å². The zero-order chi connectivity index (χ0) is 20.1. The molecule has 28 heavy (non-hydrogen) atoms. The maximum absolute atomic E-state index is 13.1. The van der Waals surface area contributed by atoms with Gasteiger partial charge < -0.3 is 24.4 Å². The molecule has 2 aromatic rings. The van der Waals surface area contributed by atoms with Gasteiger partial charge in [0.1, 0.15) is 18.5 Å². The number of hydrogen-bond donors (Lipinski definition) is 1. The van der Waals surface area contributed by atoms with Gasteiger partial charge in [0, 0.05) is 18.3 Å². The van der Waals surface area contributed by atoms with Gasteiger partial charge in [-0.1, -0.05) is 12.1 Å². The number of rotatable bonds is 6. The van der Waals surface area contributed by atoms with E-state index < -0.39 is 6.04 Å². The number of carbonyl (C=O) groups excluding carboxylic acids is 2. The van der Waals surface area contributed by atoms with Gasteiger partial charge in [0.15, 0.2) is 11.5 Å². The molecular formula is C20H21FN2O5. The summed E-state index contributed by atoms with van der Waals surface area (Å²) in [6, 6.07) is 9.98. The van der Waals surface area contributed by atoms with Gasteiger partial charge in [0.25, 0.3) is 0 Å². The maximum Gasteiger partial charge on any atom is 0.249 e. The number of ether oxygens (including phenoxy) is 3. The van der Waals surface area contributed by atoms with Crippen LogP contribution in [0.1, 0.15) is 5.56 Å². The first-order valence-corrected chi connectivity index (χ1v) is 8.66. The van der Waals surface area contributed by atoms with E-state index in [-0.39, 0.29) is 37.4 Å². The number of amides is 2. The molecule has 7 nitrogen and oxygen atoms in total. The normalized spacial score (nSPS) is 16.6. The number of morpholine rings is 1. The minimum atomic E-state index is -0.806. The number of nitrogens with one attached hydrogen (secondary N) is 1. The fourth-order valence-corrected chi connectivity index (χ4v) is 2.95. The van der Waals surface area contributed by atoms with Crippen molar-refractivity contribution in [1.82, 2.24) is 4.90 Å². The monoisotopic (exact) mass is 388 g/mol. The second kappa shape index (κ2) is 8.71. The lowest BCUT2D eigenvalue weighted by Gasteiger charge is -2.34. The smallest absolute Gasteiger partial charge is 0.249 e. The Balaban J connectivity index is 1.76. The van der Waals surface area contributed by atoms with Crippen molar-refractivity contribution >= 4 is 17.5 Å². The fourth-order valence-electron chi connectivity index (χ4n) is 2.95. The van der Waals surface area contributed by atoms with Crippen molar-refractivity contribution in [1.29, 1.82) is 0 Å². The zero-order valence-corrected chi connectivity index (χ0v) is 15.6. The molecule has 2 aromatic carbocycles. The van der Waals surface area contributed by atoms with E-state index in [1.54, 1.807) is 30.3 Å². The van der Waals surface area contributed by atoms with E-state index >= 15 is 0 Å². The number of halogens is 1. The van der Waals surface area contributed by atoms with Crippen LogP contribution < -0.4 is 14.8 Å². The van der Waals surface area contributed by atoms with Crippen molar-refractivity contribution in [3.8, 4) is 11.5 Å². The van der Waals surface area contributed by atoms with Crippen molar-refractivity contribution in [2.75, 3.05) is 32.8 Å². The molecule has 0 saturated carbocycles. The highest BCUT2D eigenvalue weighted by Crippen LogP contribution is 2.30. The lowest BCUT2D eigenvalue weighted by molar-refractivity contribution is -0.154. The molecule has 1 saturated heterocycles. The number of anilines is 1. The molecule has 1 aliphatic rings.